The van der Waals surface area contributed by atoms with Gasteiger partial charge in [-0.15, -0.1) is 0 Å². The fraction of sp³-hybridized carbons (Fsp3) is 0.409. The molecule has 2 aromatic carbocycles. The minimum atomic E-state index is -2.23. The van der Waals surface area contributed by atoms with Crippen molar-refractivity contribution in [3.63, 3.8) is 0 Å². The van der Waals surface area contributed by atoms with Crippen LogP contribution >= 0.6 is 0 Å². The van der Waals surface area contributed by atoms with E-state index in [1.165, 1.54) is 7.11 Å². The maximum atomic E-state index is 16.5. The highest BCUT2D eigenvalue weighted by Gasteiger charge is 2.51. The summed E-state index contributed by atoms with van der Waals surface area (Å²) in [6.07, 6.45) is 0.452. The summed E-state index contributed by atoms with van der Waals surface area (Å²) >= 11 is 0. The number of nitrogens with one attached hydrogen (secondary N) is 1. The quantitative estimate of drug-likeness (QED) is 0.809. The van der Waals surface area contributed by atoms with Crippen molar-refractivity contribution >= 4 is 16.8 Å². The SMILES string of the molecule is COc1ccccc1[C@@H](NS(=O)C(C)(C)C)[C@@]1(F)CCc2ccccc2C1=O. The molecule has 4 nitrogen and oxygen atoms in total. The molecule has 1 aliphatic carbocycles. The lowest BCUT2D eigenvalue weighted by Gasteiger charge is -2.38. The van der Waals surface area contributed by atoms with Gasteiger partial charge < -0.3 is 4.74 Å². The van der Waals surface area contributed by atoms with Gasteiger partial charge in [0.15, 0.2) is 5.67 Å². The number of Topliss-reactive ketones (excluding diaryl/α,β-unsaturated/α-hetero) is 1. The van der Waals surface area contributed by atoms with Crippen LogP contribution in [0.2, 0.25) is 0 Å². The molecular weight excluding hydrogens is 377 g/mol. The lowest BCUT2D eigenvalue weighted by molar-refractivity contribution is 0.0531. The van der Waals surface area contributed by atoms with Gasteiger partial charge in [-0.25, -0.2) is 13.3 Å². The van der Waals surface area contributed by atoms with Crippen molar-refractivity contribution in [2.45, 2.75) is 50.1 Å². The van der Waals surface area contributed by atoms with Crippen molar-refractivity contribution in [2.24, 2.45) is 0 Å². The first kappa shape index (κ1) is 20.7. The van der Waals surface area contributed by atoms with E-state index >= 15 is 4.39 Å². The molecule has 2 aromatic rings. The number of benzene rings is 2. The van der Waals surface area contributed by atoms with E-state index in [-0.39, 0.29) is 6.42 Å². The molecule has 0 bridgehead atoms. The fourth-order valence-corrected chi connectivity index (χ4v) is 4.36. The number of methoxy groups -OCH3 is 1. The van der Waals surface area contributed by atoms with Crippen LogP contribution in [0, 0.1) is 0 Å². The molecule has 0 spiro atoms. The third kappa shape index (κ3) is 3.76. The number of carbonyl (C=O) groups excluding carboxylic acids is 1. The lowest BCUT2D eigenvalue weighted by Crippen LogP contribution is -2.51. The Hall–Kier alpha value is -2.05. The molecule has 1 N–H and O–H groups in total. The van der Waals surface area contributed by atoms with Gasteiger partial charge in [-0.05, 0) is 45.2 Å². The molecule has 0 radical (unpaired) electrons. The van der Waals surface area contributed by atoms with Crippen LogP contribution in [0.25, 0.3) is 0 Å². The molecule has 0 heterocycles. The van der Waals surface area contributed by atoms with E-state index in [9.17, 15) is 9.00 Å². The Kier molecular flexibility index (Phi) is 5.73. The second kappa shape index (κ2) is 7.76. The predicted molar refractivity (Wildman–Crippen MR) is 110 cm³/mol. The average Bonchev–Trinajstić information content (AvgIpc) is 2.68. The van der Waals surface area contributed by atoms with Gasteiger partial charge in [-0.1, -0.05) is 42.5 Å². The summed E-state index contributed by atoms with van der Waals surface area (Å²) in [5, 5.41) is 0. The van der Waals surface area contributed by atoms with E-state index in [1.54, 1.807) is 57.2 Å². The zero-order valence-corrected chi connectivity index (χ0v) is 17.4. The molecule has 150 valence electrons. The maximum absolute atomic E-state index is 16.5. The van der Waals surface area contributed by atoms with Crippen LogP contribution in [0.3, 0.4) is 0 Å². The topological polar surface area (TPSA) is 55.4 Å². The first-order valence-electron chi connectivity index (χ1n) is 9.31. The summed E-state index contributed by atoms with van der Waals surface area (Å²) in [5.41, 5.74) is -0.516. The standard InChI is InChI=1S/C22H26FNO3S/c1-21(2,3)28(26)24-19(17-11-7-8-12-18(17)27-4)22(23)14-13-15-9-5-6-10-16(15)20(22)25/h5-12,19,24H,13-14H2,1-4H3/t19-,22+,28?/m1/s1. The highest BCUT2D eigenvalue weighted by atomic mass is 32.2. The second-order valence-electron chi connectivity index (χ2n) is 8.02. The van der Waals surface area contributed by atoms with Crippen molar-refractivity contribution in [2.75, 3.05) is 7.11 Å². The van der Waals surface area contributed by atoms with Crippen molar-refractivity contribution in [3.05, 3.63) is 65.2 Å². The van der Waals surface area contributed by atoms with Crippen molar-refractivity contribution < 1.29 is 18.1 Å². The minimum Gasteiger partial charge on any atom is -0.496 e. The van der Waals surface area contributed by atoms with E-state index in [4.69, 9.17) is 4.74 Å². The number of ketones is 1. The Bertz CT molecular complexity index is 909. The number of hydrogen-bond donors (Lipinski definition) is 1. The van der Waals surface area contributed by atoms with Crippen LogP contribution in [-0.4, -0.2) is 27.5 Å². The number of rotatable bonds is 5. The molecule has 0 saturated carbocycles. The zero-order chi connectivity index (χ0) is 20.5. The molecule has 6 heteroatoms. The maximum Gasteiger partial charge on any atom is 0.202 e. The Balaban J connectivity index is 2.11. The highest BCUT2D eigenvalue weighted by molar-refractivity contribution is 7.84. The summed E-state index contributed by atoms with van der Waals surface area (Å²) in [5.74, 6) is -0.127. The van der Waals surface area contributed by atoms with E-state index in [2.05, 4.69) is 4.72 Å². The largest absolute Gasteiger partial charge is 0.496 e. The molecule has 28 heavy (non-hydrogen) atoms. The van der Waals surface area contributed by atoms with Gasteiger partial charge in [0.1, 0.15) is 5.75 Å². The smallest absolute Gasteiger partial charge is 0.202 e. The van der Waals surface area contributed by atoms with Gasteiger partial charge in [0, 0.05) is 11.1 Å². The number of alkyl halides is 1. The van der Waals surface area contributed by atoms with Crippen molar-refractivity contribution in [1.29, 1.82) is 0 Å². The number of halogens is 1. The molecule has 1 unspecified atom stereocenters. The van der Waals surface area contributed by atoms with Crippen LogP contribution in [0.4, 0.5) is 4.39 Å². The van der Waals surface area contributed by atoms with E-state index < -0.39 is 33.2 Å². The predicted octanol–water partition coefficient (Wildman–Crippen LogP) is 4.33. The normalized spacial score (nSPS) is 21.7. The summed E-state index contributed by atoms with van der Waals surface area (Å²) in [6.45, 7) is 5.41. The molecule has 0 amide bonds. The second-order valence-corrected chi connectivity index (χ2v) is 10.0. The molecule has 1 aliphatic rings. The van der Waals surface area contributed by atoms with E-state index in [0.717, 1.165) is 5.56 Å². The van der Waals surface area contributed by atoms with Crippen LogP contribution in [0.5, 0.6) is 5.75 Å². The number of aryl methyl sites for hydroxylation is 1. The molecular formula is C22H26FNO3S. The summed E-state index contributed by atoms with van der Waals surface area (Å²) in [6, 6.07) is 13.0. The zero-order valence-electron chi connectivity index (χ0n) is 16.6. The monoisotopic (exact) mass is 403 g/mol. The third-order valence-corrected chi connectivity index (χ3v) is 6.65. The van der Waals surface area contributed by atoms with E-state index in [1.807, 2.05) is 12.1 Å². The Morgan fingerprint density at radius 3 is 2.46 bits per heavy atom. The van der Waals surface area contributed by atoms with Gasteiger partial charge in [-0.3, -0.25) is 4.79 Å². The van der Waals surface area contributed by atoms with Gasteiger partial charge in [-0.2, -0.15) is 0 Å². The molecule has 3 atom stereocenters. The minimum absolute atomic E-state index is 0.0138. The average molecular weight is 404 g/mol. The number of fused-ring (bicyclic) bond motifs is 1. The van der Waals surface area contributed by atoms with Gasteiger partial charge in [0.25, 0.3) is 0 Å². The summed E-state index contributed by atoms with van der Waals surface area (Å²) in [4.78, 5) is 13.2. The molecule has 0 saturated heterocycles. The van der Waals surface area contributed by atoms with Gasteiger partial charge in [0.2, 0.25) is 5.78 Å². The van der Waals surface area contributed by atoms with Gasteiger partial charge in [0.05, 0.1) is 28.9 Å². The van der Waals surface area contributed by atoms with Gasteiger partial charge >= 0.3 is 0 Å². The summed E-state index contributed by atoms with van der Waals surface area (Å²) < 4.78 is 37.0. The first-order valence-corrected chi connectivity index (χ1v) is 10.5. The molecule has 0 aromatic heterocycles. The Morgan fingerprint density at radius 2 is 1.79 bits per heavy atom. The first-order chi connectivity index (χ1) is 13.2. The lowest BCUT2D eigenvalue weighted by atomic mass is 9.74. The Labute approximate surface area is 168 Å². The third-order valence-electron chi connectivity index (χ3n) is 5.09. The Morgan fingerprint density at radius 1 is 1.14 bits per heavy atom. The summed E-state index contributed by atoms with van der Waals surface area (Å²) in [7, 11) is -0.0767. The molecule has 3 rings (SSSR count). The van der Waals surface area contributed by atoms with Crippen molar-refractivity contribution in [3.8, 4) is 5.75 Å². The fourth-order valence-electron chi connectivity index (χ4n) is 3.48. The van der Waals surface area contributed by atoms with Crippen molar-refractivity contribution in [1.82, 2.24) is 4.72 Å². The molecule has 0 fully saturated rings. The van der Waals surface area contributed by atoms with Crippen LogP contribution < -0.4 is 9.46 Å². The number of para-hydroxylation sites is 1. The number of ether oxygens (including phenoxy) is 1. The number of carbonyl (C=O) groups is 1. The number of hydrogen-bond acceptors (Lipinski definition) is 3. The molecule has 0 aliphatic heterocycles. The van der Waals surface area contributed by atoms with E-state index in [0.29, 0.717) is 23.3 Å². The van der Waals surface area contributed by atoms with Crippen LogP contribution in [-0.2, 0) is 17.4 Å². The van der Waals surface area contributed by atoms with Crippen LogP contribution in [0.15, 0.2) is 48.5 Å². The van der Waals surface area contributed by atoms with Crippen LogP contribution in [0.1, 0.15) is 54.7 Å². The highest BCUT2D eigenvalue weighted by Crippen LogP contribution is 2.43.